The van der Waals surface area contributed by atoms with Gasteiger partial charge in [-0.25, -0.2) is 4.98 Å². The molecule has 0 spiro atoms. The largest absolute Gasteiger partial charge is 0.300 e. The first kappa shape index (κ1) is 10.9. The number of rotatable bonds is 4. The Bertz CT molecular complexity index is 442. The molecule has 2 heterocycles. The van der Waals surface area contributed by atoms with Crippen LogP contribution in [0.1, 0.15) is 25.0 Å². The molecule has 5 nitrogen and oxygen atoms in total. The van der Waals surface area contributed by atoms with Gasteiger partial charge in [0.05, 0.1) is 23.7 Å². The number of hydrogen-bond acceptors (Lipinski definition) is 5. The number of likely N-dealkylation sites (tertiary alicyclic amines) is 1. The molecule has 2 aliphatic rings. The highest BCUT2D eigenvalue weighted by molar-refractivity contribution is 7.07. The van der Waals surface area contributed by atoms with Gasteiger partial charge in [-0.1, -0.05) is 0 Å². The van der Waals surface area contributed by atoms with Crippen molar-refractivity contribution >= 4 is 23.2 Å². The summed E-state index contributed by atoms with van der Waals surface area (Å²) in [6.45, 7) is 0.547. The maximum atomic E-state index is 12.0. The fourth-order valence-corrected chi connectivity index (χ4v) is 2.64. The normalized spacial score (nSPS) is 24.7. The summed E-state index contributed by atoms with van der Waals surface area (Å²) in [4.78, 5) is 29.2. The third-order valence-electron chi connectivity index (χ3n) is 3.11. The predicted molar refractivity (Wildman–Crippen MR) is 62.2 cm³/mol. The molecule has 6 heteroatoms. The molecular formula is C11H13N3O2S. The SMILES string of the molecule is O=C1CC(NCc2cscn2)C(=O)N1C1CC1. The van der Waals surface area contributed by atoms with E-state index in [9.17, 15) is 9.59 Å². The molecule has 2 amide bonds. The van der Waals surface area contributed by atoms with Crippen molar-refractivity contribution in [2.24, 2.45) is 0 Å². The number of carbonyl (C=O) groups is 2. The Balaban J connectivity index is 1.61. The van der Waals surface area contributed by atoms with Crippen LogP contribution in [-0.2, 0) is 16.1 Å². The van der Waals surface area contributed by atoms with E-state index in [1.165, 1.54) is 16.2 Å². The summed E-state index contributed by atoms with van der Waals surface area (Å²) in [6.07, 6.45) is 2.23. The number of nitrogens with zero attached hydrogens (tertiary/aromatic N) is 2. The van der Waals surface area contributed by atoms with Gasteiger partial charge in [-0.15, -0.1) is 11.3 Å². The van der Waals surface area contributed by atoms with E-state index in [-0.39, 0.29) is 23.9 Å². The fraction of sp³-hybridized carbons (Fsp3) is 0.545. The van der Waals surface area contributed by atoms with Gasteiger partial charge in [-0.2, -0.15) is 0 Å². The standard InChI is InChI=1S/C11H13N3O2S/c15-10-3-9(11(16)14(10)8-1-2-8)12-4-7-5-17-6-13-7/h5-6,8-9,12H,1-4H2. The van der Waals surface area contributed by atoms with Crippen molar-refractivity contribution in [3.63, 3.8) is 0 Å². The molecule has 1 aromatic heterocycles. The molecule has 1 aromatic rings. The quantitative estimate of drug-likeness (QED) is 0.793. The van der Waals surface area contributed by atoms with Crippen LogP contribution in [0, 0.1) is 0 Å². The van der Waals surface area contributed by atoms with Crippen molar-refractivity contribution in [2.75, 3.05) is 0 Å². The minimum Gasteiger partial charge on any atom is -0.300 e. The van der Waals surface area contributed by atoms with E-state index < -0.39 is 0 Å². The zero-order valence-corrected chi connectivity index (χ0v) is 10.1. The Morgan fingerprint density at radius 1 is 1.47 bits per heavy atom. The lowest BCUT2D eigenvalue weighted by Gasteiger charge is -2.13. The number of imide groups is 1. The van der Waals surface area contributed by atoms with Crippen LogP contribution in [-0.4, -0.2) is 33.8 Å². The van der Waals surface area contributed by atoms with Gasteiger partial charge >= 0.3 is 0 Å². The Hall–Kier alpha value is -1.27. The summed E-state index contributed by atoms with van der Waals surface area (Å²) in [6, 6.07) is -0.175. The molecule has 1 unspecified atom stereocenters. The molecule has 1 N–H and O–H groups in total. The molecule has 3 rings (SSSR count). The average Bonchev–Trinajstić information content (AvgIpc) is 2.90. The van der Waals surface area contributed by atoms with Gasteiger partial charge in [0.2, 0.25) is 11.8 Å². The van der Waals surface area contributed by atoms with Gasteiger partial charge in [0.15, 0.2) is 0 Å². The average molecular weight is 251 g/mol. The number of amides is 2. The Morgan fingerprint density at radius 3 is 2.94 bits per heavy atom. The van der Waals surface area contributed by atoms with Gasteiger partial charge in [-0.3, -0.25) is 19.8 Å². The minimum atomic E-state index is -0.357. The first-order chi connectivity index (χ1) is 8.25. The van der Waals surface area contributed by atoms with Crippen LogP contribution in [0.15, 0.2) is 10.9 Å². The number of aromatic nitrogens is 1. The molecule has 0 radical (unpaired) electrons. The highest BCUT2D eigenvalue weighted by atomic mass is 32.1. The smallest absolute Gasteiger partial charge is 0.247 e. The molecule has 0 aromatic carbocycles. The lowest BCUT2D eigenvalue weighted by molar-refractivity contribution is -0.139. The molecule has 1 aliphatic heterocycles. The summed E-state index contributed by atoms with van der Waals surface area (Å²) < 4.78 is 0. The summed E-state index contributed by atoms with van der Waals surface area (Å²) in [5.74, 6) is -0.0963. The molecule has 1 aliphatic carbocycles. The number of nitrogens with one attached hydrogen (secondary N) is 1. The fourth-order valence-electron chi connectivity index (χ4n) is 2.08. The summed E-state index contributed by atoms with van der Waals surface area (Å²) in [7, 11) is 0. The van der Waals surface area contributed by atoms with E-state index in [1.807, 2.05) is 5.38 Å². The Labute approximate surface area is 103 Å². The molecule has 90 valence electrons. The van der Waals surface area contributed by atoms with E-state index in [0.29, 0.717) is 13.0 Å². The summed E-state index contributed by atoms with van der Waals surface area (Å²) in [5.41, 5.74) is 2.68. The summed E-state index contributed by atoms with van der Waals surface area (Å²) in [5, 5.41) is 5.05. The van der Waals surface area contributed by atoms with Crippen molar-refractivity contribution < 1.29 is 9.59 Å². The van der Waals surface area contributed by atoms with Gasteiger partial charge in [-0.05, 0) is 12.8 Å². The van der Waals surface area contributed by atoms with Crippen molar-refractivity contribution in [2.45, 2.75) is 37.9 Å². The van der Waals surface area contributed by atoms with E-state index in [1.54, 1.807) is 5.51 Å². The van der Waals surface area contributed by atoms with Crippen LogP contribution >= 0.6 is 11.3 Å². The highest BCUT2D eigenvalue weighted by Crippen LogP contribution is 2.31. The second kappa shape index (κ2) is 4.19. The zero-order valence-electron chi connectivity index (χ0n) is 9.26. The maximum Gasteiger partial charge on any atom is 0.247 e. The molecule has 2 fully saturated rings. The van der Waals surface area contributed by atoms with Gasteiger partial charge in [0.25, 0.3) is 0 Å². The monoisotopic (exact) mass is 251 g/mol. The lowest BCUT2D eigenvalue weighted by Crippen LogP contribution is -2.39. The van der Waals surface area contributed by atoms with Crippen LogP contribution in [0.3, 0.4) is 0 Å². The second-order valence-corrected chi connectivity index (χ2v) is 5.17. The molecule has 1 saturated heterocycles. The highest BCUT2D eigenvalue weighted by Gasteiger charge is 2.45. The van der Waals surface area contributed by atoms with Crippen molar-refractivity contribution in [1.29, 1.82) is 0 Å². The predicted octanol–water partition coefficient (Wildman–Crippen LogP) is 0.523. The Kier molecular flexibility index (Phi) is 2.68. The molecule has 17 heavy (non-hydrogen) atoms. The Morgan fingerprint density at radius 2 is 2.29 bits per heavy atom. The zero-order chi connectivity index (χ0) is 11.8. The van der Waals surface area contributed by atoms with E-state index >= 15 is 0 Å². The molecule has 1 atom stereocenters. The van der Waals surface area contributed by atoms with E-state index in [4.69, 9.17) is 0 Å². The van der Waals surface area contributed by atoms with Crippen LogP contribution in [0.4, 0.5) is 0 Å². The topological polar surface area (TPSA) is 62.3 Å². The van der Waals surface area contributed by atoms with Crippen LogP contribution in [0.5, 0.6) is 0 Å². The first-order valence-corrected chi connectivity index (χ1v) is 6.66. The molecule has 0 bridgehead atoms. The van der Waals surface area contributed by atoms with Crippen LogP contribution in [0.25, 0.3) is 0 Å². The van der Waals surface area contributed by atoms with Gasteiger partial charge in [0, 0.05) is 18.0 Å². The van der Waals surface area contributed by atoms with E-state index in [0.717, 1.165) is 18.5 Å². The third kappa shape index (κ3) is 2.10. The van der Waals surface area contributed by atoms with Gasteiger partial charge < -0.3 is 0 Å². The van der Waals surface area contributed by atoms with Crippen LogP contribution in [0.2, 0.25) is 0 Å². The van der Waals surface area contributed by atoms with Crippen molar-refractivity contribution in [3.05, 3.63) is 16.6 Å². The van der Waals surface area contributed by atoms with Gasteiger partial charge in [0.1, 0.15) is 0 Å². The molecule has 1 saturated carbocycles. The summed E-state index contributed by atoms with van der Waals surface area (Å²) >= 11 is 1.53. The number of carbonyl (C=O) groups excluding carboxylic acids is 2. The first-order valence-electron chi connectivity index (χ1n) is 5.72. The molecular weight excluding hydrogens is 238 g/mol. The van der Waals surface area contributed by atoms with Crippen molar-refractivity contribution in [3.8, 4) is 0 Å². The minimum absolute atomic E-state index is 0.0340. The van der Waals surface area contributed by atoms with Crippen LogP contribution < -0.4 is 5.32 Å². The second-order valence-electron chi connectivity index (χ2n) is 4.45. The van der Waals surface area contributed by atoms with E-state index in [2.05, 4.69) is 10.3 Å². The van der Waals surface area contributed by atoms with Crippen molar-refractivity contribution in [1.82, 2.24) is 15.2 Å². The maximum absolute atomic E-state index is 12.0. The third-order valence-corrected chi connectivity index (χ3v) is 3.74. The number of hydrogen-bond donors (Lipinski definition) is 1. The lowest BCUT2D eigenvalue weighted by atomic mass is 10.2. The number of thiazole rings is 1.